The second-order valence-corrected chi connectivity index (χ2v) is 17.5. The Labute approximate surface area is 409 Å². The van der Waals surface area contributed by atoms with Gasteiger partial charge in [0, 0.05) is 51.9 Å². The molecule has 10 N–H and O–H groups in total. The van der Waals surface area contributed by atoms with E-state index in [0.29, 0.717) is 22.3 Å². The fourth-order valence-corrected chi connectivity index (χ4v) is 8.11. The van der Waals surface area contributed by atoms with Gasteiger partial charge >= 0.3 is 0 Å². The van der Waals surface area contributed by atoms with Crippen LogP contribution in [0.15, 0.2) is 121 Å². The summed E-state index contributed by atoms with van der Waals surface area (Å²) in [6, 6.07) is 25.6. The Balaban J connectivity index is 1.57. The van der Waals surface area contributed by atoms with E-state index in [1.165, 1.54) is 37.5 Å². The normalized spacial score (nSPS) is 24.0. The summed E-state index contributed by atoms with van der Waals surface area (Å²) >= 11 is 0. The van der Waals surface area contributed by atoms with Gasteiger partial charge in [-0.05, 0) is 49.9 Å². The maximum atomic E-state index is 14.7. The van der Waals surface area contributed by atoms with Crippen molar-refractivity contribution in [2.45, 2.75) is 102 Å². The number of hydrogen-bond donors (Lipinski definition) is 8. The summed E-state index contributed by atoms with van der Waals surface area (Å²) in [6.07, 6.45) is -0.0174. The minimum Gasteiger partial charge on any atom is -0.343 e. The Kier molecular flexibility index (Phi) is 20.1. The highest BCUT2D eigenvalue weighted by atomic mass is 16.2. The highest BCUT2D eigenvalue weighted by Gasteiger charge is 2.38. The van der Waals surface area contributed by atoms with E-state index >= 15 is 0 Å². The molecular formula is C52H66N10O8. The summed E-state index contributed by atoms with van der Waals surface area (Å²) in [4.78, 5) is 117. The first-order valence-electron chi connectivity index (χ1n) is 23.6. The van der Waals surface area contributed by atoms with Gasteiger partial charge in [0.1, 0.15) is 48.3 Å². The molecule has 372 valence electrons. The van der Waals surface area contributed by atoms with Crippen LogP contribution in [0.5, 0.6) is 0 Å². The van der Waals surface area contributed by atoms with Crippen molar-refractivity contribution in [1.82, 2.24) is 41.7 Å². The first-order chi connectivity index (χ1) is 33.6. The molecule has 0 aliphatic carbocycles. The van der Waals surface area contributed by atoms with E-state index in [9.17, 15) is 38.4 Å². The first kappa shape index (κ1) is 53.5. The number of nitrogens with two attached hydrogens (primary N) is 2. The summed E-state index contributed by atoms with van der Waals surface area (Å²) < 4.78 is 0. The molecule has 1 aliphatic rings. The van der Waals surface area contributed by atoms with Crippen molar-refractivity contribution in [2.24, 2.45) is 11.5 Å². The molecule has 70 heavy (non-hydrogen) atoms. The smallest absolute Gasteiger partial charge is 0.246 e. The minimum atomic E-state index is -1.26. The second kappa shape index (κ2) is 26.4. The SMILES string of the molecule is C[C@@H]1C(=O)N[C@@H](Cc2ccccc2)C(=O)N[C@H](C)C(=O)N[C@@H](Cc2ccccc2)C(=O)N(CCN)[C@H](C)C(=O)N[C@@H](Cc2ccccc2)C(=O)N[C@H](C)C(=O)N[C@@H](Cc2ccccc2)C(=O)N1CCN. The second-order valence-electron chi connectivity index (χ2n) is 17.5. The summed E-state index contributed by atoms with van der Waals surface area (Å²) in [6.45, 7) is 5.47. The standard InChI is InChI=1S/C52H66N10O8/c1-33-45(63)59-43(31-39-21-13-7-14-22-39)51(69)61(27-25-53)36(4)48(66)58-42(30-38-19-11-6-12-20-38)50(68)56-34(2)46(64)60-44(32-40-23-15-8-16-24-40)52(70)62(28-26-54)35(3)47(65)57-41(49(67)55-33)29-37-17-9-5-10-18-37/h5-24,33-36,41-44H,25-32,53-54H2,1-4H3,(H,55,67)(H,56,68)(H,57,65)(H,58,66)(H,59,63)(H,60,64)/t33-,34-,35-,36-,41+,42+,43+,44+/m1/s1. The Bertz CT molecular complexity index is 2230. The van der Waals surface area contributed by atoms with Crippen LogP contribution in [-0.2, 0) is 64.0 Å². The Hall–Kier alpha value is -7.44. The molecule has 0 aromatic heterocycles. The first-order valence-corrected chi connectivity index (χ1v) is 23.6. The minimum absolute atomic E-state index is 0.00404. The number of carbonyl (C=O) groups is 8. The predicted octanol–water partition coefficient (Wildman–Crippen LogP) is 0.271. The van der Waals surface area contributed by atoms with Gasteiger partial charge in [-0.15, -0.1) is 0 Å². The van der Waals surface area contributed by atoms with Crippen LogP contribution < -0.4 is 43.4 Å². The fourth-order valence-electron chi connectivity index (χ4n) is 8.11. The van der Waals surface area contributed by atoms with E-state index < -0.39 is 95.6 Å². The number of nitrogens with one attached hydrogen (secondary N) is 6. The van der Waals surface area contributed by atoms with Crippen LogP contribution in [0.25, 0.3) is 0 Å². The molecule has 1 heterocycles. The molecule has 18 heteroatoms. The number of amides is 8. The highest BCUT2D eigenvalue weighted by Crippen LogP contribution is 2.14. The monoisotopic (exact) mass is 959 g/mol. The van der Waals surface area contributed by atoms with Crippen LogP contribution in [-0.4, -0.2) is 132 Å². The molecule has 4 aromatic rings. The van der Waals surface area contributed by atoms with Crippen LogP contribution in [0.1, 0.15) is 49.9 Å². The maximum absolute atomic E-state index is 14.7. The molecule has 8 atom stereocenters. The van der Waals surface area contributed by atoms with Crippen LogP contribution in [0.3, 0.4) is 0 Å². The summed E-state index contributed by atoms with van der Waals surface area (Å²) in [5, 5.41) is 16.5. The van der Waals surface area contributed by atoms with Crippen molar-refractivity contribution in [3.05, 3.63) is 144 Å². The lowest BCUT2D eigenvalue weighted by Crippen LogP contribution is -2.62. The Morgan fingerprint density at radius 2 is 0.614 bits per heavy atom. The lowest BCUT2D eigenvalue weighted by Gasteiger charge is -2.34. The molecule has 0 spiro atoms. The van der Waals surface area contributed by atoms with Crippen LogP contribution in [0.4, 0.5) is 0 Å². The van der Waals surface area contributed by atoms with Gasteiger partial charge in [-0.25, -0.2) is 0 Å². The van der Waals surface area contributed by atoms with Crippen LogP contribution in [0.2, 0.25) is 0 Å². The van der Waals surface area contributed by atoms with Crippen molar-refractivity contribution in [3.8, 4) is 0 Å². The van der Waals surface area contributed by atoms with Gasteiger partial charge in [0.15, 0.2) is 0 Å². The van der Waals surface area contributed by atoms with Gasteiger partial charge in [0.25, 0.3) is 0 Å². The number of benzene rings is 4. The van der Waals surface area contributed by atoms with Crippen LogP contribution >= 0.6 is 0 Å². The van der Waals surface area contributed by atoms with Crippen molar-refractivity contribution in [1.29, 1.82) is 0 Å². The van der Waals surface area contributed by atoms with Crippen LogP contribution in [0, 0.1) is 0 Å². The Morgan fingerprint density at radius 1 is 0.357 bits per heavy atom. The average molecular weight is 959 g/mol. The number of rotatable bonds is 12. The molecule has 0 saturated carbocycles. The van der Waals surface area contributed by atoms with E-state index in [1.807, 2.05) is 0 Å². The maximum Gasteiger partial charge on any atom is 0.246 e. The van der Waals surface area contributed by atoms with Gasteiger partial charge < -0.3 is 53.2 Å². The Morgan fingerprint density at radius 3 is 0.886 bits per heavy atom. The average Bonchev–Trinajstić information content (AvgIpc) is 3.36. The molecule has 1 fully saturated rings. The molecule has 1 aliphatic heterocycles. The zero-order valence-corrected chi connectivity index (χ0v) is 40.1. The van der Waals surface area contributed by atoms with Gasteiger partial charge in [0.2, 0.25) is 47.3 Å². The van der Waals surface area contributed by atoms with Gasteiger partial charge in [-0.3, -0.25) is 38.4 Å². The zero-order valence-electron chi connectivity index (χ0n) is 40.1. The van der Waals surface area contributed by atoms with Crippen molar-refractivity contribution in [2.75, 3.05) is 26.2 Å². The number of hydrogen-bond acceptors (Lipinski definition) is 10. The number of carbonyl (C=O) groups excluding carboxylic acids is 8. The summed E-state index contributed by atoms with van der Waals surface area (Å²) in [5.41, 5.74) is 14.8. The molecule has 8 amide bonds. The third-order valence-electron chi connectivity index (χ3n) is 12.1. The van der Waals surface area contributed by atoms with Crippen molar-refractivity contribution in [3.63, 3.8) is 0 Å². The molecule has 5 rings (SSSR count). The van der Waals surface area contributed by atoms with Gasteiger partial charge in [-0.2, -0.15) is 0 Å². The lowest BCUT2D eigenvalue weighted by molar-refractivity contribution is -0.144. The van der Waals surface area contributed by atoms with Gasteiger partial charge in [-0.1, -0.05) is 121 Å². The third-order valence-corrected chi connectivity index (χ3v) is 12.1. The van der Waals surface area contributed by atoms with E-state index in [1.54, 1.807) is 121 Å². The van der Waals surface area contributed by atoms with E-state index in [4.69, 9.17) is 11.5 Å². The largest absolute Gasteiger partial charge is 0.343 e. The molecule has 1 saturated heterocycles. The molecule has 0 radical (unpaired) electrons. The van der Waals surface area contributed by atoms with Crippen molar-refractivity contribution >= 4 is 47.3 Å². The van der Waals surface area contributed by atoms with Gasteiger partial charge in [0.05, 0.1) is 0 Å². The summed E-state index contributed by atoms with van der Waals surface area (Å²) in [7, 11) is 0. The third kappa shape index (κ3) is 15.3. The fraction of sp³-hybridized carbons (Fsp3) is 0.385. The topological polar surface area (TPSA) is 267 Å². The zero-order chi connectivity index (χ0) is 50.7. The molecular weight excluding hydrogens is 893 g/mol. The molecule has 18 nitrogen and oxygen atoms in total. The predicted molar refractivity (Wildman–Crippen MR) is 264 cm³/mol. The number of nitrogens with zero attached hydrogens (tertiary/aromatic N) is 2. The quantitative estimate of drug-likeness (QED) is 0.0961. The van der Waals surface area contributed by atoms with Crippen molar-refractivity contribution < 1.29 is 38.4 Å². The van der Waals surface area contributed by atoms with E-state index in [2.05, 4.69) is 31.9 Å². The molecule has 0 bridgehead atoms. The van der Waals surface area contributed by atoms with E-state index in [0.717, 1.165) is 0 Å². The van der Waals surface area contributed by atoms with E-state index in [-0.39, 0.29) is 51.9 Å². The summed E-state index contributed by atoms with van der Waals surface area (Å²) in [5.74, 6) is -5.67. The molecule has 4 aromatic carbocycles. The highest BCUT2D eigenvalue weighted by molar-refractivity contribution is 5.99. The lowest BCUT2D eigenvalue weighted by atomic mass is 10.0. The molecule has 0 unspecified atom stereocenters.